The van der Waals surface area contributed by atoms with E-state index in [1.54, 1.807) is 0 Å². The van der Waals surface area contributed by atoms with Crippen LogP contribution in [0.5, 0.6) is 0 Å². The molecular weight excluding hydrogens is 288 g/mol. The van der Waals surface area contributed by atoms with Crippen molar-refractivity contribution in [2.75, 3.05) is 6.54 Å². The molecule has 0 bridgehead atoms. The molecule has 2 rings (SSSR count). The minimum absolute atomic E-state index is 0.148. The SMILES string of the molecule is Cc1cccc(CNCC(NC(=O)OC(C)(C)C)C2CC2)c1C. The second-order valence-corrected chi connectivity index (χ2v) is 7.58. The lowest BCUT2D eigenvalue weighted by Crippen LogP contribution is -2.45. The van der Waals surface area contributed by atoms with E-state index >= 15 is 0 Å². The molecule has 1 amide bonds. The number of carbonyl (C=O) groups is 1. The molecule has 4 heteroatoms. The van der Waals surface area contributed by atoms with E-state index < -0.39 is 5.60 Å². The lowest BCUT2D eigenvalue weighted by molar-refractivity contribution is 0.0497. The monoisotopic (exact) mass is 318 g/mol. The lowest BCUT2D eigenvalue weighted by atomic mass is 10.0. The van der Waals surface area contributed by atoms with Crippen molar-refractivity contribution in [2.24, 2.45) is 5.92 Å². The summed E-state index contributed by atoms with van der Waals surface area (Å²) >= 11 is 0. The van der Waals surface area contributed by atoms with E-state index in [2.05, 4.69) is 42.7 Å². The van der Waals surface area contributed by atoms with Gasteiger partial charge in [0.1, 0.15) is 5.60 Å². The van der Waals surface area contributed by atoms with Crippen LogP contribution in [0.1, 0.15) is 50.3 Å². The summed E-state index contributed by atoms with van der Waals surface area (Å²) < 4.78 is 5.37. The molecule has 0 saturated heterocycles. The van der Waals surface area contributed by atoms with Crippen molar-refractivity contribution in [2.45, 2.75) is 65.6 Å². The Bertz CT molecular complexity index is 545. The molecule has 1 aromatic rings. The van der Waals surface area contributed by atoms with Crippen molar-refractivity contribution in [3.63, 3.8) is 0 Å². The van der Waals surface area contributed by atoms with Crippen LogP contribution in [0.3, 0.4) is 0 Å². The fraction of sp³-hybridized carbons (Fsp3) is 0.632. The van der Waals surface area contributed by atoms with E-state index in [4.69, 9.17) is 4.74 Å². The third-order valence-electron chi connectivity index (χ3n) is 4.29. The van der Waals surface area contributed by atoms with Crippen molar-refractivity contribution in [3.05, 3.63) is 34.9 Å². The predicted molar refractivity (Wildman–Crippen MR) is 93.5 cm³/mol. The summed E-state index contributed by atoms with van der Waals surface area (Å²) in [5, 5.41) is 6.51. The van der Waals surface area contributed by atoms with Crippen LogP contribution < -0.4 is 10.6 Å². The molecule has 1 aliphatic rings. The third-order valence-corrected chi connectivity index (χ3v) is 4.29. The second-order valence-electron chi connectivity index (χ2n) is 7.58. The molecule has 0 aromatic heterocycles. The minimum Gasteiger partial charge on any atom is -0.444 e. The van der Waals surface area contributed by atoms with E-state index in [1.807, 2.05) is 20.8 Å². The number of hydrogen-bond acceptors (Lipinski definition) is 3. The van der Waals surface area contributed by atoms with Gasteiger partial charge in [-0.05, 0) is 70.1 Å². The minimum atomic E-state index is -0.454. The molecule has 1 fully saturated rings. The van der Waals surface area contributed by atoms with Crippen molar-refractivity contribution in [3.8, 4) is 0 Å². The Morgan fingerprint density at radius 3 is 2.61 bits per heavy atom. The zero-order chi connectivity index (χ0) is 17.0. The van der Waals surface area contributed by atoms with Gasteiger partial charge >= 0.3 is 6.09 Å². The van der Waals surface area contributed by atoms with Crippen molar-refractivity contribution < 1.29 is 9.53 Å². The molecule has 23 heavy (non-hydrogen) atoms. The number of amides is 1. The quantitative estimate of drug-likeness (QED) is 0.841. The first-order chi connectivity index (χ1) is 10.8. The van der Waals surface area contributed by atoms with Crippen molar-refractivity contribution in [1.82, 2.24) is 10.6 Å². The van der Waals surface area contributed by atoms with Gasteiger partial charge in [0.05, 0.1) is 0 Å². The molecule has 0 spiro atoms. The Kier molecular flexibility index (Phi) is 5.69. The van der Waals surface area contributed by atoms with Crippen LogP contribution >= 0.6 is 0 Å². The van der Waals surface area contributed by atoms with Crippen LogP contribution in [-0.2, 0) is 11.3 Å². The number of alkyl carbamates (subject to hydrolysis) is 1. The van der Waals surface area contributed by atoms with Crippen LogP contribution in [0.15, 0.2) is 18.2 Å². The zero-order valence-electron chi connectivity index (χ0n) is 15.0. The van der Waals surface area contributed by atoms with Gasteiger partial charge in [0.25, 0.3) is 0 Å². The summed E-state index contributed by atoms with van der Waals surface area (Å²) in [5.41, 5.74) is 3.51. The molecule has 1 saturated carbocycles. The highest BCUT2D eigenvalue weighted by Crippen LogP contribution is 2.32. The highest BCUT2D eigenvalue weighted by molar-refractivity contribution is 5.68. The number of benzene rings is 1. The zero-order valence-corrected chi connectivity index (χ0v) is 15.0. The van der Waals surface area contributed by atoms with Crippen LogP contribution in [-0.4, -0.2) is 24.3 Å². The van der Waals surface area contributed by atoms with E-state index in [1.165, 1.54) is 29.5 Å². The number of aryl methyl sites for hydroxylation is 1. The van der Waals surface area contributed by atoms with E-state index in [-0.39, 0.29) is 12.1 Å². The Balaban J connectivity index is 1.83. The van der Waals surface area contributed by atoms with Crippen molar-refractivity contribution in [1.29, 1.82) is 0 Å². The topological polar surface area (TPSA) is 50.4 Å². The Morgan fingerprint density at radius 2 is 2.00 bits per heavy atom. The first kappa shape index (κ1) is 17.8. The molecular formula is C19H30N2O2. The molecule has 0 aliphatic heterocycles. The molecule has 128 valence electrons. The normalized spacial score (nSPS) is 16.0. The summed E-state index contributed by atoms with van der Waals surface area (Å²) in [6.07, 6.45) is 2.06. The van der Waals surface area contributed by atoms with Gasteiger partial charge in [0.2, 0.25) is 0 Å². The summed E-state index contributed by atoms with van der Waals surface area (Å²) in [4.78, 5) is 12.0. The van der Waals surface area contributed by atoms with Crippen molar-refractivity contribution >= 4 is 6.09 Å². The maximum atomic E-state index is 12.0. The fourth-order valence-electron chi connectivity index (χ4n) is 2.66. The number of nitrogens with one attached hydrogen (secondary N) is 2. The summed E-state index contributed by atoms with van der Waals surface area (Å²) in [5.74, 6) is 0.577. The van der Waals surface area contributed by atoms with Crippen LogP contribution in [0, 0.1) is 19.8 Å². The average Bonchev–Trinajstić information content (AvgIpc) is 3.24. The van der Waals surface area contributed by atoms with Gasteiger partial charge in [-0.15, -0.1) is 0 Å². The Morgan fingerprint density at radius 1 is 1.30 bits per heavy atom. The van der Waals surface area contributed by atoms with Gasteiger partial charge in [-0.3, -0.25) is 0 Å². The van der Waals surface area contributed by atoms with Gasteiger partial charge in [0, 0.05) is 19.1 Å². The highest BCUT2D eigenvalue weighted by atomic mass is 16.6. The summed E-state index contributed by atoms with van der Waals surface area (Å²) in [7, 11) is 0. The van der Waals surface area contributed by atoms with E-state index in [0.717, 1.165) is 13.1 Å². The van der Waals surface area contributed by atoms with Gasteiger partial charge in [-0.1, -0.05) is 18.2 Å². The summed E-state index contributed by atoms with van der Waals surface area (Å²) in [6, 6.07) is 6.53. The lowest BCUT2D eigenvalue weighted by Gasteiger charge is -2.24. The molecule has 0 radical (unpaired) electrons. The molecule has 1 unspecified atom stereocenters. The third kappa shape index (κ3) is 5.87. The number of ether oxygens (including phenoxy) is 1. The standard InChI is InChI=1S/C19H30N2O2/c1-13-7-6-8-16(14(13)2)11-20-12-17(15-9-10-15)21-18(22)23-19(3,4)5/h6-8,15,17,20H,9-12H2,1-5H3,(H,21,22). The van der Waals surface area contributed by atoms with Gasteiger partial charge in [-0.25, -0.2) is 4.79 Å². The largest absolute Gasteiger partial charge is 0.444 e. The smallest absolute Gasteiger partial charge is 0.407 e. The fourth-order valence-corrected chi connectivity index (χ4v) is 2.66. The van der Waals surface area contributed by atoms with Crippen LogP contribution in [0.4, 0.5) is 4.79 Å². The molecule has 1 aromatic carbocycles. The number of rotatable bonds is 6. The van der Waals surface area contributed by atoms with Crippen LogP contribution in [0.25, 0.3) is 0 Å². The second kappa shape index (κ2) is 7.35. The summed E-state index contributed by atoms with van der Waals surface area (Å²) in [6.45, 7) is 11.6. The molecule has 1 atom stereocenters. The average molecular weight is 318 g/mol. The Hall–Kier alpha value is -1.55. The molecule has 0 heterocycles. The first-order valence-corrected chi connectivity index (χ1v) is 8.51. The van der Waals surface area contributed by atoms with E-state index in [9.17, 15) is 4.79 Å². The highest BCUT2D eigenvalue weighted by Gasteiger charge is 2.33. The molecule has 1 aliphatic carbocycles. The van der Waals surface area contributed by atoms with Gasteiger partial charge in [0.15, 0.2) is 0 Å². The molecule has 4 nitrogen and oxygen atoms in total. The van der Waals surface area contributed by atoms with Crippen LogP contribution in [0.2, 0.25) is 0 Å². The number of hydrogen-bond donors (Lipinski definition) is 2. The van der Waals surface area contributed by atoms with Gasteiger partial charge < -0.3 is 15.4 Å². The Labute approximate surface area is 140 Å². The van der Waals surface area contributed by atoms with E-state index in [0.29, 0.717) is 5.92 Å². The first-order valence-electron chi connectivity index (χ1n) is 8.51. The maximum Gasteiger partial charge on any atom is 0.407 e. The van der Waals surface area contributed by atoms with Gasteiger partial charge in [-0.2, -0.15) is 0 Å². The predicted octanol–water partition coefficient (Wildman–Crippen LogP) is 3.70. The molecule has 2 N–H and O–H groups in total. The number of carbonyl (C=O) groups excluding carboxylic acids is 1. The maximum absolute atomic E-state index is 12.0.